The number of nitrogens with one attached hydrogen (secondary N) is 2. The Morgan fingerprint density at radius 2 is 1.49 bits per heavy atom. The molecule has 0 aromatic heterocycles. The summed E-state index contributed by atoms with van der Waals surface area (Å²) in [6, 6.07) is 23.0. The third kappa shape index (κ3) is 4.68. The Kier molecular flexibility index (Phi) is 6.73. The Morgan fingerprint density at radius 1 is 0.914 bits per heavy atom. The second kappa shape index (κ2) is 9.89. The van der Waals surface area contributed by atoms with E-state index in [4.69, 9.17) is 9.47 Å². The molecule has 180 valence electrons. The normalized spacial score (nSPS) is 17.3. The van der Waals surface area contributed by atoms with E-state index in [9.17, 15) is 14.4 Å². The number of nitrogens with zero attached hydrogens (tertiary/aromatic N) is 1. The van der Waals surface area contributed by atoms with E-state index in [1.165, 1.54) is 14.2 Å². The molecule has 0 radical (unpaired) electrons. The molecule has 1 heterocycles. The molecule has 1 unspecified atom stereocenters. The Hall–Kier alpha value is -4.33. The monoisotopic (exact) mass is 473 g/mol. The van der Waals surface area contributed by atoms with Crippen LogP contribution in [0.3, 0.4) is 0 Å². The molecule has 1 atom stereocenters. The number of urea groups is 1. The van der Waals surface area contributed by atoms with Crippen LogP contribution in [0.5, 0.6) is 11.5 Å². The van der Waals surface area contributed by atoms with Crippen LogP contribution in [-0.4, -0.2) is 43.5 Å². The second-order valence-electron chi connectivity index (χ2n) is 8.34. The minimum atomic E-state index is -1.35. The Morgan fingerprint density at radius 3 is 2.03 bits per heavy atom. The SMILES string of the molecule is COc1ccc(C2(C)NC(=O)N(CC(=O)NC(c3ccccc3)c3ccccc3)C2=O)cc1OC. The fourth-order valence-electron chi connectivity index (χ4n) is 4.18. The number of amides is 4. The van der Waals surface area contributed by atoms with Crippen molar-refractivity contribution >= 4 is 17.8 Å². The van der Waals surface area contributed by atoms with Crippen LogP contribution >= 0.6 is 0 Å². The molecule has 35 heavy (non-hydrogen) atoms. The van der Waals surface area contributed by atoms with Crippen molar-refractivity contribution in [2.75, 3.05) is 20.8 Å². The number of hydrogen-bond acceptors (Lipinski definition) is 5. The molecule has 0 saturated carbocycles. The third-order valence-corrected chi connectivity index (χ3v) is 6.11. The first-order valence-corrected chi connectivity index (χ1v) is 11.1. The van der Waals surface area contributed by atoms with Gasteiger partial charge >= 0.3 is 6.03 Å². The molecular weight excluding hydrogens is 446 g/mol. The maximum atomic E-state index is 13.3. The van der Waals surface area contributed by atoms with Crippen LogP contribution in [0.15, 0.2) is 78.9 Å². The number of hydrogen-bond donors (Lipinski definition) is 2. The summed E-state index contributed by atoms with van der Waals surface area (Å²) in [5.74, 6) is -0.0534. The van der Waals surface area contributed by atoms with Crippen molar-refractivity contribution in [2.24, 2.45) is 0 Å². The zero-order valence-corrected chi connectivity index (χ0v) is 19.8. The van der Waals surface area contributed by atoms with Crippen molar-refractivity contribution < 1.29 is 23.9 Å². The van der Waals surface area contributed by atoms with Gasteiger partial charge in [-0.3, -0.25) is 14.5 Å². The lowest BCUT2D eigenvalue weighted by Crippen LogP contribution is -2.44. The van der Waals surface area contributed by atoms with Gasteiger partial charge in [0.2, 0.25) is 5.91 Å². The predicted molar refractivity (Wildman–Crippen MR) is 130 cm³/mol. The largest absolute Gasteiger partial charge is 0.493 e. The van der Waals surface area contributed by atoms with Crippen LogP contribution in [0, 0.1) is 0 Å². The van der Waals surface area contributed by atoms with Crippen LogP contribution < -0.4 is 20.1 Å². The van der Waals surface area contributed by atoms with Gasteiger partial charge in [0.25, 0.3) is 5.91 Å². The van der Waals surface area contributed by atoms with Crippen LogP contribution in [0.2, 0.25) is 0 Å². The van der Waals surface area contributed by atoms with Gasteiger partial charge in [-0.15, -0.1) is 0 Å². The number of methoxy groups -OCH3 is 2. The lowest BCUT2D eigenvalue weighted by atomic mass is 9.91. The lowest BCUT2D eigenvalue weighted by molar-refractivity contribution is -0.135. The number of benzene rings is 3. The molecule has 1 fully saturated rings. The summed E-state index contributed by atoms with van der Waals surface area (Å²) >= 11 is 0. The molecule has 1 saturated heterocycles. The van der Waals surface area contributed by atoms with Crippen molar-refractivity contribution in [3.8, 4) is 11.5 Å². The van der Waals surface area contributed by atoms with Crippen molar-refractivity contribution in [3.63, 3.8) is 0 Å². The van der Waals surface area contributed by atoms with E-state index in [-0.39, 0.29) is 0 Å². The minimum Gasteiger partial charge on any atom is -0.493 e. The molecule has 2 N–H and O–H groups in total. The Labute approximate surface area is 203 Å². The summed E-state index contributed by atoms with van der Waals surface area (Å²) in [5.41, 5.74) is 0.941. The van der Waals surface area contributed by atoms with E-state index >= 15 is 0 Å². The first kappa shape index (κ1) is 23.8. The molecule has 3 aromatic carbocycles. The third-order valence-electron chi connectivity index (χ3n) is 6.11. The summed E-state index contributed by atoms with van der Waals surface area (Å²) in [4.78, 5) is 40.1. The maximum Gasteiger partial charge on any atom is 0.325 e. The van der Waals surface area contributed by atoms with Crippen molar-refractivity contribution in [1.29, 1.82) is 0 Å². The summed E-state index contributed by atoms with van der Waals surface area (Å²) in [5, 5.41) is 5.69. The van der Waals surface area contributed by atoms with Crippen molar-refractivity contribution in [3.05, 3.63) is 95.6 Å². The zero-order chi connectivity index (χ0) is 25.0. The van der Waals surface area contributed by atoms with Gasteiger partial charge in [0.05, 0.1) is 20.3 Å². The van der Waals surface area contributed by atoms with Gasteiger partial charge in [-0.2, -0.15) is 0 Å². The molecule has 0 bridgehead atoms. The van der Waals surface area contributed by atoms with E-state index in [2.05, 4.69) is 10.6 Å². The summed E-state index contributed by atoms with van der Waals surface area (Å²) < 4.78 is 10.6. The number of carbonyl (C=O) groups is 3. The van der Waals surface area contributed by atoms with E-state index in [0.29, 0.717) is 17.1 Å². The highest BCUT2D eigenvalue weighted by Gasteiger charge is 2.49. The van der Waals surface area contributed by atoms with Crippen LogP contribution in [0.25, 0.3) is 0 Å². The molecule has 0 spiro atoms. The number of rotatable bonds is 8. The van der Waals surface area contributed by atoms with E-state index < -0.39 is 36.0 Å². The fraction of sp³-hybridized carbons (Fsp3) is 0.222. The van der Waals surface area contributed by atoms with Gasteiger partial charge in [0.15, 0.2) is 11.5 Å². The average Bonchev–Trinajstić information content (AvgIpc) is 3.11. The number of carbonyl (C=O) groups excluding carboxylic acids is 3. The first-order valence-electron chi connectivity index (χ1n) is 11.1. The van der Waals surface area contributed by atoms with Crippen molar-refractivity contribution in [1.82, 2.24) is 15.5 Å². The minimum absolute atomic E-state index is 0.413. The summed E-state index contributed by atoms with van der Waals surface area (Å²) in [7, 11) is 3.01. The number of imide groups is 1. The summed E-state index contributed by atoms with van der Waals surface area (Å²) in [6.07, 6.45) is 0. The Balaban J connectivity index is 1.54. The fourth-order valence-corrected chi connectivity index (χ4v) is 4.18. The molecule has 3 aromatic rings. The Bertz CT molecular complexity index is 1190. The molecule has 8 nitrogen and oxygen atoms in total. The van der Waals surface area contributed by atoms with Gasteiger partial charge in [0.1, 0.15) is 12.1 Å². The van der Waals surface area contributed by atoms with E-state index in [1.54, 1.807) is 25.1 Å². The maximum absolute atomic E-state index is 13.3. The molecule has 4 rings (SSSR count). The quantitative estimate of drug-likeness (QED) is 0.489. The smallest absolute Gasteiger partial charge is 0.325 e. The van der Waals surface area contributed by atoms with Gasteiger partial charge < -0.3 is 20.1 Å². The standard InChI is InChI=1S/C27H27N3O5/c1-27(20-14-15-21(34-2)22(16-20)35-3)25(32)30(26(33)29-27)17-23(31)28-24(18-10-6-4-7-11-18)19-12-8-5-9-13-19/h4-16,24H,17H2,1-3H3,(H,28,31)(H,29,33). The predicted octanol–water partition coefficient (Wildman–Crippen LogP) is 3.38. The topological polar surface area (TPSA) is 97.0 Å². The van der Waals surface area contributed by atoms with Crippen LogP contribution in [0.1, 0.15) is 29.7 Å². The lowest BCUT2D eigenvalue weighted by Gasteiger charge is -2.24. The average molecular weight is 474 g/mol. The van der Waals surface area contributed by atoms with Crippen LogP contribution in [-0.2, 0) is 15.1 Å². The van der Waals surface area contributed by atoms with Crippen molar-refractivity contribution in [2.45, 2.75) is 18.5 Å². The highest BCUT2D eigenvalue weighted by Crippen LogP contribution is 2.35. The molecule has 1 aliphatic rings. The first-order chi connectivity index (χ1) is 16.9. The van der Waals surface area contributed by atoms with Gasteiger partial charge in [-0.05, 0) is 35.7 Å². The zero-order valence-electron chi connectivity index (χ0n) is 19.8. The molecule has 8 heteroatoms. The second-order valence-corrected chi connectivity index (χ2v) is 8.34. The van der Waals surface area contributed by atoms with E-state index in [1.807, 2.05) is 60.7 Å². The molecule has 1 aliphatic heterocycles. The molecule has 4 amide bonds. The summed E-state index contributed by atoms with van der Waals surface area (Å²) in [6.45, 7) is 1.19. The molecular formula is C27H27N3O5. The van der Waals surface area contributed by atoms with E-state index in [0.717, 1.165) is 16.0 Å². The van der Waals surface area contributed by atoms with Gasteiger partial charge in [-0.1, -0.05) is 66.7 Å². The highest BCUT2D eigenvalue weighted by atomic mass is 16.5. The number of ether oxygens (including phenoxy) is 2. The molecule has 0 aliphatic carbocycles. The highest BCUT2D eigenvalue weighted by molar-refractivity contribution is 6.09. The van der Waals surface area contributed by atoms with Gasteiger partial charge in [0, 0.05) is 0 Å². The van der Waals surface area contributed by atoms with Gasteiger partial charge in [-0.25, -0.2) is 4.79 Å². The van der Waals surface area contributed by atoms with Crippen LogP contribution in [0.4, 0.5) is 4.79 Å².